The van der Waals surface area contributed by atoms with Gasteiger partial charge in [0.25, 0.3) is 0 Å². The summed E-state index contributed by atoms with van der Waals surface area (Å²) in [6.45, 7) is 0. The van der Waals surface area contributed by atoms with Crippen LogP contribution in [0.25, 0.3) is 0 Å². The first-order chi connectivity index (χ1) is 4.86. The van der Waals surface area contributed by atoms with Crippen molar-refractivity contribution >= 4 is 25.3 Å². The monoisotopic (exact) mass is 172 g/mol. The van der Waals surface area contributed by atoms with E-state index >= 15 is 0 Å². The van der Waals surface area contributed by atoms with Crippen LogP contribution in [0.15, 0.2) is 12.3 Å². The van der Waals surface area contributed by atoms with Gasteiger partial charge in [-0.1, -0.05) is 0 Å². The minimum atomic E-state index is 0.585. The molecule has 0 spiro atoms. The zero-order chi connectivity index (χ0) is 7.40. The van der Waals surface area contributed by atoms with Gasteiger partial charge in [-0.2, -0.15) is 25.3 Å². The van der Waals surface area contributed by atoms with Crippen LogP contribution in [0.5, 0.6) is 0 Å². The number of nitrogens with zero attached hydrogens (tertiary/aromatic N) is 2. The molecule has 1 aromatic heterocycles. The van der Waals surface area contributed by atoms with Gasteiger partial charge >= 0.3 is 0 Å². The zero-order valence-electron chi connectivity index (χ0n) is 5.36. The fraction of sp³-hybridized carbons (Fsp3) is 0.333. The van der Waals surface area contributed by atoms with Crippen molar-refractivity contribution in [3.8, 4) is 0 Å². The Kier molecular flexibility index (Phi) is 3.02. The standard InChI is InChI=1S/C6H8N2S2/c9-3-5-1-2-7-6(4-10)8-5/h1-2,9-10H,3-4H2. The highest BCUT2D eigenvalue weighted by Gasteiger charge is 1.93. The molecule has 0 aromatic carbocycles. The Morgan fingerprint density at radius 3 is 2.70 bits per heavy atom. The summed E-state index contributed by atoms with van der Waals surface area (Å²) >= 11 is 8.13. The van der Waals surface area contributed by atoms with Crippen LogP contribution in [-0.4, -0.2) is 9.97 Å². The number of hydrogen-bond donors (Lipinski definition) is 2. The van der Waals surface area contributed by atoms with Gasteiger partial charge in [-0.05, 0) is 6.07 Å². The molecule has 10 heavy (non-hydrogen) atoms. The lowest BCUT2D eigenvalue weighted by Crippen LogP contribution is -1.93. The first-order valence-corrected chi connectivity index (χ1v) is 4.16. The minimum Gasteiger partial charge on any atom is -0.240 e. The Morgan fingerprint density at radius 2 is 2.10 bits per heavy atom. The molecule has 0 bridgehead atoms. The predicted octanol–water partition coefficient (Wildman–Crippen LogP) is 1.34. The van der Waals surface area contributed by atoms with Gasteiger partial charge in [-0.25, -0.2) is 9.97 Å². The molecule has 0 N–H and O–H groups in total. The van der Waals surface area contributed by atoms with Crippen LogP contribution in [0.1, 0.15) is 11.5 Å². The fourth-order valence-corrected chi connectivity index (χ4v) is 0.934. The third-order valence-corrected chi connectivity index (χ3v) is 1.67. The Labute approximate surface area is 70.9 Å². The molecular formula is C6H8N2S2. The molecule has 0 saturated carbocycles. The lowest BCUT2D eigenvalue weighted by atomic mass is 10.4. The summed E-state index contributed by atoms with van der Waals surface area (Å²) < 4.78 is 0. The Bertz CT molecular complexity index is 195. The van der Waals surface area contributed by atoms with E-state index in [1.54, 1.807) is 6.20 Å². The van der Waals surface area contributed by atoms with Crippen LogP contribution in [-0.2, 0) is 11.5 Å². The number of hydrogen-bond acceptors (Lipinski definition) is 4. The van der Waals surface area contributed by atoms with Crippen molar-refractivity contribution in [3.05, 3.63) is 23.8 Å². The van der Waals surface area contributed by atoms with E-state index in [1.165, 1.54) is 0 Å². The van der Waals surface area contributed by atoms with Crippen molar-refractivity contribution < 1.29 is 0 Å². The molecule has 2 nitrogen and oxygen atoms in total. The topological polar surface area (TPSA) is 25.8 Å². The van der Waals surface area contributed by atoms with Gasteiger partial charge in [-0.15, -0.1) is 0 Å². The second-order valence-corrected chi connectivity index (χ2v) is 2.41. The summed E-state index contributed by atoms with van der Waals surface area (Å²) in [5.41, 5.74) is 0.947. The Balaban J connectivity index is 2.87. The second-order valence-electron chi connectivity index (χ2n) is 1.78. The number of thiol groups is 2. The predicted molar refractivity (Wildman–Crippen MR) is 47.4 cm³/mol. The van der Waals surface area contributed by atoms with Crippen LogP contribution in [0.3, 0.4) is 0 Å². The Morgan fingerprint density at radius 1 is 1.30 bits per heavy atom. The average molecular weight is 172 g/mol. The molecule has 0 saturated heterocycles. The SMILES string of the molecule is SCc1ccnc(CS)n1. The Hall–Kier alpha value is -0.220. The average Bonchev–Trinajstić information content (AvgIpc) is 2.05. The van der Waals surface area contributed by atoms with E-state index in [0.29, 0.717) is 11.5 Å². The molecule has 0 fully saturated rings. The molecule has 1 rings (SSSR count). The molecule has 0 aliphatic heterocycles. The molecule has 4 heteroatoms. The summed E-state index contributed by atoms with van der Waals surface area (Å²) in [4.78, 5) is 8.13. The maximum atomic E-state index is 4.15. The minimum absolute atomic E-state index is 0.585. The molecule has 0 radical (unpaired) electrons. The summed E-state index contributed by atoms with van der Waals surface area (Å²) in [6, 6.07) is 1.85. The van der Waals surface area contributed by atoms with Gasteiger partial charge in [0.05, 0.1) is 11.4 Å². The molecule has 0 atom stereocenters. The molecule has 0 amide bonds. The summed E-state index contributed by atoms with van der Waals surface area (Å²) in [5, 5.41) is 0. The molecule has 54 valence electrons. The number of rotatable bonds is 2. The normalized spacial score (nSPS) is 9.80. The van der Waals surface area contributed by atoms with Gasteiger partial charge < -0.3 is 0 Å². The van der Waals surface area contributed by atoms with Crippen LogP contribution < -0.4 is 0 Å². The van der Waals surface area contributed by atoms with Crippen molar-refractivity contribution in [1.82, 2.24) is 9.97 Å². The van der Waals surface area contributed by atoms with Crippen LogP contribution in [0.2, 0.25) is 0 Å². The maximum Gasteiger partial charge on any atom is 0.138 e. The highest BCUT2D eigenvalue weighted by atomic mass is 32.1. The van der Waals surface area contributed by atoms with Crippen LogP contribution >= 0.6 is 25.3 Å². The largest absolute Gasteiger partial charge is 0.240 e. The van der Waals surface area contributed by atoms with Gasteiger partial charge in [0.1, 0.15) is 5.82 Å². The highest BCUT2D eigenvalue weighted by Crippen LogP contribution is 2.00. The van der Waals surface area contributed by atoms with E-state index < -0.39 is 0 Å². The lowest BCUT2D eigenvalue weighted by Gasteiger charge is -1.95. The lowest BCUT2D eigenvalue weighted by molar-refractivity contribution is 0.992. The molecule has 1 aromatic rings. The van der Waals surface area contributed by atoms with Crippen molar-refractivity contribution in [3.63, 3.8) is 0 Å². The molecular weight excluding hydrogens is 164 g/mol. The van der Waals surface area contributed by atoms with Gasteiger partial charge in [0, 0.05) is 11.9 Å². The van der Waals surface area contributed by atoms with E-state index in [4.69, 9.17) is 0 Å². The molecule has 1 heterocycles. The van der Waals surface area contributed by atoms with E-state index in [0.717, 1.165) is 11.5 Å². The third-order valence-electron chi connectivity index (χ3n) is 1.07. The fourth-order valence-electron chi connectivity index (χ4n) is 0.605. The van der Waals surface area contributed by atoms with E-state index in [2.05, 4.69) is 35.2 Å². The van der Waals surface area contributed by atoms with E-state index in [9.17, 15) is 0 Å². The number of aromatic nitrogens is 2. The second kappa shape index (κ2) is 3.83. The van der Waals surface area contributed by atoms with E-state index in [1.807, 2.05) is 6.07 Å². The van der Waals surface area contributed by atoms with Crippen LogP contribution in [0.4, 0.5) is 0 Å². The highest BCUT2D eigenvalue weighted by molar-refractivity contribution is 7.79. The van der Waals surface area contributed by atoms with Gasteiger partial charge in [0.2, 0.25) is 0 Å². The summed E-state index contributed by atoms with van der Waals surface area (Å²) in [7, 11) is 0. The summed E-state index contributed by atoms with van der Waals surface area (Å²) in [5.74, 6) is 2.00. The van der Waals surface area contributed by atoms with Crippen LogP contribution in [0, 0.1) is 0 Å². The van der Waals surface area contributed by atoms with Crippen molar-refractivity contribution in [1.29, 1.82) is 0 Å². The van der Waals surface area contributed by atoms with E-state index in [-0.39, 0.29) is 0 Å². The molecule has 0 unspecified atom stereocenters. The maximum absolute atomic E-state index is 4.15. The molecule has 0 aliphatic carbocycles. The van der Waals surface area contributed by atoms with Gasteiger partial charge in [-0.3, -0.25) is 0 Å². The van der Waals surface area contributed by atoms with Crippen molar-refractivity contribution in [2.24, 2.45) is 0 Å². The first kappa shape index (κ1) is 7.88. The summed E-state index contributed by atoms with van der Waals surface area (Å²) in [6.07, 6.45) is 1.73. The van der Waals surface area contributed by atoms with Gasteiger partial charge in [0.15, 0.2) is 0 Å². The van der Waals surface area contributed by atoms with Crippen molar-refractivity contribution in [2.45, 2.75) is 11.5 Å². The first-order valence-electron chi connectivity index (χ1n) is 2.89. The quantitative estimate of drug-likeness (QED) is 0.658. The zero-order valence-corrected chi connectivity index (χ0v) is 7.15. The molecule has 0 aliphatic rings. The van der Waals surface area contributed by atoms with Crippen molar-refractivity contribution in [2.75, 3.05) is 0 Å². The third kappa shape index (κ3) is 1.88. The smallest absolute Gasteiger partial charge is 0.138 e.